The van der Waals surface area contributed by atoms with Crippen LogP contribution < -0.4 is 10.6 Å². The predicted octanol–water partition coefficient (Wildman–Crippen LogP) is 1.10. The van der Waals surface area contributed by atoms with Gasteiger partial charge in [0.15, 0.2) is 0 Å². The van der Waals surface area contributed by atoms with Gasteiger partial charge < -0.3 is 10.6 Å². The van der Waals surface area contributed by atoms with E-state index in [1.165, 1.54) is 0 Å². The highest BCUT2D eigenvalue weighted by Crippen LogP contribution is 2.33. The number of hydrogen-bond donors (Lipinski definition) is 2. The topological polar surface area (TPSA) is 66.9 Å². The highest BCUT2D eigenvalue weighted by molar-refractivity contribution is 7.15. The van der Waals surface area contributed by atoms with Crippen LogP contribution in [0, 0.1) is 5.92 Å². The van der Waals surface area contributed by atoms with Crippen molar-refractivity contribution in [3.63, 3.8) is 0 Å². The maximum atomic E-state index is 12.2. The Morgan fingerprint density at radius 2 is 2.24 bits per heavy atom. The molecule has 2 heterocycles. The molecule has 0 bridgehead atoms. The molecule has 0 saturated carbocycles. The van der Waals surface area contributed by atoms with Crippen LogP contribution in [-0.2, 0) is 11.0 Å². The molecule has 0 aromatic carbocycles. The van der Waals surface area contributed by atoms with Crippen molar-refractivity contribution in [1.82, 2.24) is 15.5 Å². The molecule has 2 rings (SSSR count). The van der Waals surface area contributed by atoms with Gasteiger partial charge in [-0.1, -0.05) is 11.3 Å². The van der Waals surface area contributed by atoms with Crippen LogP contribution >= 0.6 is 11.3 Å². The molecule has 1 aromatic rings. The number of carbonyl (C=O) groups is 1. The second-order valence-electron chi connectivity index (χ2n) is 3.59. The van der Waals surface area contributed by atoms with Crippen LogP contribution in [0.3, 0.4) is 0 Å². The van der Waals surface area contributed by atoms with Crippen molar-refractivity contribution < 1.29 is 18.0 Å². The molecule has 0 aliphatic carbocycles. The van der Waals surface area contributed by atoms with Gasteiger partial charge in [0, 0.05) is 6.54 Å². The lowest BCUT2D eigenvalue weighted by Gasteiger charge is -2.06. The first kappa shape index (κ1) is 12.2. The summed E-state index contributed by atoms with van der Waals surface area (Å²) in [6, 6.07) is 0. The quantitative estimate of drug-likeness (QED) is 0.841. The van der Waals surface area contributed by atoms with Gasteiger partial charge in [0.05, 0.1) is 5.92 Å². The van der Waals surface area contributed by atoms with Crippen LogP contribution in [0.25, 0.3) is 0 Å². The van der Waals surface area contributed by atoms with Gasteiger partial charge >= 0.3 is 6.18 Å². The minimum Gasteiger partial charge on any atom is -0.316 e. The number of amides is 1. The van der Waals surface area contributed by atoms with Crippen LogP contribution in [0.1, 0.15) is 11.4 Å². The molecular weight excluding hydrogens is 257 g/mol. The number of anilines is 1. The summed E-state index contributed by atoms with van der Waals surface area (Å²) in [6.45, 7) is 1.28. The third-order valence-corrected chi connectivity index (χ3v) is 3.21. The Hall–Kier alpha value is -1.22. The monoisotopic (exact) mass is 266 g/mol. The van der Waals surface area contributed by atoms with E-state index < -0.39 is 11.2 Å². The zero-order valence-electron chi connectivity index (χ0n) is 8.54. The van der Waals surface area contributed by atoms with Gasteiger partial charge in [-0.2, -0.15) is 13.2 Å². The van der Waals surface area contributed by atoms with Crippen molar-refractivity contribution in [3.05, 3.63) is 5.01 Å². The van der Waals surface area contributed by atoms with Gasteiger partial charge in [0.2, 0.25) is 16.0 Å². The second-order valence-corrected chi connectivity index (χ2v) is 4.57. The van der Waals surface area contributed by atoms with E-state index in [-0.39, 0.29) is 17.0 Å². The van der Waals surface area contributed by atoms with Crippen molar-refractivity contribution in [1.29, 1.82) is 0 Å². The fourth-order valence-corrected chi connectivity index (χ4v) is 2.09. The summed E-state index contributed by atoms with van der Waals surface area (Å²) in [6.07, 6.45) is -3.84. The Bertz CT molecular complexity index is 413. The number of rotatable bonds is 2. The summed E-state index contributed by atoms with van der Waals surface area (Å²) in [5.41, 5.74) is 0. The van der Waals surface area contributed by atoms with Crippen molar-refractivity contribution in [2.45, 2.75) is 12.6 Å². The van der Waals surface area contributed by atoms with Crippen molar-refractivity contribution in [2.24, 2.45) is 5.92 Å². The van der Waals surface area contributed by atoms with E-state index in [4.69, 9.17) is 0 Å². The first-order valence-electron chi connectivity index (χ1n) is 4.89. The van der Waals surface area contributed by atoms with E-state index in [9.17, 15) is 18.0 Å². The molecule has 0 spiro atoms. The highest BCUT2D eigenvalue weighted by Gasteiger charge is 2.36. The first-order chi connectivity index (χ1) is 7.97. The van der Waals surface area contributed by atoms with Gasteiger partial charge in [-0.05, 0) is 13.0 Å². The number of aromatic nitrogens is 2. The maximum absolute atomic E-state index is 12.2. The molecule has 0 radical (unpaired) electrons. The van der Waals surface area contributed by atoms with Gasteiger partial charge in [-0.25, -0.2) is 0 Å². The van der Waals surface area contributed by atoms with Crippen molar-refractivity contribution in [2.75, 3.05) is 18.4 Å². The van der Waals surface area contributed by atoms with E-state index in [0.717, 1.165) is 6.54 Å². The van der Waals surface area contributed by atoms with E-state index in [1.54, 1.807) is 0 Å². The van der Waals surface area contributed by atoms with Crippen LogP contribution in [-0.4, -0.2) is 29.2 Å². The summed E-state index contributed by atoms with van der Waals surface area (Å²) >= 11 is 0.327. The average molecular weight is 266 g/mol. The average Bonchev–Trinajstić information content (AvgIpc) is 2.85. The Kier molecular flexibility index (Phi) is 3.29. The molecule has 1 saturated heterocycles. The van der Waals surface area contributed by atoms with E-state index in [1.807, 2.05) is 0 Å². The molecule has 94 valence electrons. The van der Waals surface area contributed by atoms with Crippen LogP contribution in [0.5, 0.6) is 0 Å². The Morgan fingerprint density at radius 1 is 1.47 bits per heavy atom. The van der Waals surface area contributed by atoms with Gasteiger partial charge in [-0.3, -0.25) is 4.79 Å². The van der Waals surface area contributed by atoms with Gasteiger partial charge in [0.1, 0.15) is 0 Å². The zero-order valence-corrected chi connectivity index (χ0v) is 9.36. The molecule has 5 nitrogen and oxygen atoms in total. The summed E-state index contributed by atoms with van der Waals surface area (Å²) in [5, 5.41) is 10.4. The van der Waals surface area contributed by atoms with Crippen molar-refractivity contribution in [3.8, 4) is 0 Å². The first-order valence-corrected chi connectivity index (χ1v) is 5.71. The van der Waals surface area contributed by atoms with Crippen LogP contribution in [0.4, 0.5) is 18.3 Å². The largest absolute Gasteiger partial charge is 0.445 e. The Balaban J connectivity index is 1.99. The fraction of sp³-hybridized carbons (Fsp3) is 0.625. The standard InChI is InChI=1S/C8H9F3N4OS/c9-8(10,11)6-14-15-7(17-6)13-5(16)4-1-2-12-3-4/h4,12H,1-3H2,(H,13,15,16). The molecule has 2 N–H and O–H groups in total. The number of halogens is 3. The number of nitrogens with one attached hydrogen (secondary N) is 2. The molecule has 1 unspecified atom stereocenters. The smallest absolute Gasteiger partial charge is 0.316 e. The molecule has 1 aliphatic rings. The number of carbonyl (C=O) groups excluding carboxylic acids is 1. The normalized spacial score (nSPS) is 20.5. The molecule has 1 amide bonds. The molecular formula is C8H9F3N4OS. The second kappa shape index (κ2) is 4.57. The van der Waals surface area contributed by atoms with Gasteiger partial charge in [0.25, 0.3) is 0 Å². The number of alkyl halides is 3. The summed E-state index contributed by atoms with van der Waals surface area (Å²) in [5.74, 6) is -0.534. The molecule has 9 heteroatoms. The van der Waals surface area contributed by atoms with Crippen LogP contribution in [0.15, 0.2) is 0 Å². The van der Waals surface area contributed by atoms with E-state index >= 15 is 0 Å². The Labute approximate surface area is 98.4 Å². The zero-order chi connectivity index (χ0) is 12.5. The molecule has 1 atom stereocenters. The van der Waals surface area contributed by atoms with Gasteiger partial charge in [-0.15, -0.1) is 10.2 Å². The molecule has 1 aliphatic heterocycles. The SMILES string of the molecule is O=C(Nc1nnc(C(F)(F)F)s1)C1CCNC1. The Morgan fingerprint density at radius 3 is 2.76 bits per heavy atom. The lowest BCUT2D eigenvalue weighted by atomic mass is 10.1. The van der Waals surface area contributed by atoms with E-state index in [2.05, 4.69) is 20.8 Å². The fourth-order valence-electron chi connectivity index (χ4n) is 1.47. The molecule has 17 heavy (non-hydrogen) atoms. The van der Waals surface area contributed by atoms with Crippen molar-refractivity contribution >= 4 is 22.4 Å². The molecule has 1 aromatic heterocycles. The lowest BCUT2D eigenvalue weighted by Crippen LogP contribution is -2.24. The molecule has 1 fully saturated rings. The minimum absolute atomic E-state index is 0.116. The third-order valence-electron chi connectivity index (χ3n) is 2.33. The maximum Gasteiger partial charge on any atom is 0.445 e. The van der Waals surface area contributed by atoms with E-state index in [0.29, 0.717) is 24.3 Å². The summed E-state index contributed by atoms with van der Waals surface area (Å²) in [7, 11) is 0. The summed E-state index contributed by atoms with van der Waals surface area (Å²) < 4.78 is 36.7. The highest BCUT2D eigenvalue weighted by atomic mass is 32.1. The number of hydrogen-bond acceptors (Lipinski definition) is 5. The predicted molar refractivity (Wildman–Crippen MR) is 54.5 cm³/mol. The third kappa shape index (κ3) is 2.91. The van der Waals surface area contributed by atoms with Crippen LogP contribution in [0.2, 0.25) is 0 Å². The summed E-state index contributed by atoms with van der Waals surface area (Å²) in [4.78, 5) is 11.6. The lowest BCUT2D eigenvalue weighted by molar-refractivity contribution is -0.138. The minimum atomic E-state index is -4.52. The number of nitrogens with zero attached hydrogens (tertiary/aromatic N) is 2.